The van der Waals surface area contributed by atoms with Crippen molar-refractivity contribution < 1.29 is 14.3 Å². The van der Waals surface area contributed by atoms with Crippen LogP contribution in [0.15, 0.2) is 22.6 Å². The minimum Gasteiger partial charge on any atom is -0.453 e. The smallest absolute Gasteiger partial charge is 0.319 e. The number of hydrogen-bond donors (Lipinski definition) is 0. The Kier molecular flexibility index (Phi) is 2.96. The standard InChI is InChI=1S/C9H5IN2O5/c10-4-7-2-5-1-6(11(13)14)3-8(12(15)16)9(5)17-7/h1-3H,4H2. The van der Waals surface area contributed by atoms with Gasteiger partial charge < -0.3 is 4.42 Å². The molecule has 8 heteroatoms. The van der Waals surface area contributed by atoms with E-state index < -0.39 is 9.85 Å². The number of benzene rings is 1. The lowest BCUT2D eigenvalue weighted by molar-refractivity contribution is -0.393. The summed E-state index contributed by atoms with van der Waals surface area (Å²) >= 11 is 2.04. The van der Waals surface area contributed by atoms with Gasteiger partial charge in [0.2, 0.25) is 5.58 Å². The maximum atomic E-state index is 10.8. The van der Waals surface area contributed by atoms with Gasteiger partial charge in [-0.2, -0.15) is 0 Å². The third-order valence-electron chi connectivity index (χ3n) is 2.17. The van der Waals surface area contributed by atoms with E-state index in [0.29, 0.717) is 15.6 Å². The van der Waals surface area contributed by atoms with Crippen LogP contribution < -0.4 is 0 Å². The summed E-state index contributed by atoms with van der Waals surface area (Å²) in [7, 11) is 0. The second-order valence-corrected chi connectivity index (χ2v) is 4.01. The number of nitrogens with zero attached hydrogens (tertiary/aromatic N) is 2. The van der Waals surface area contributed by atoms with E-state index in [2.05, 4.69) is 0 Å². The topological polar surface area (TPSA) is 99.4 Å². The minimum absolute atomic E-state index is 0.0762. The molecule has 0 atom stereocenters. The van der Waals surface area contributed by atoms with Crippen LogP contribution in [0, 0.1) is 20.2 Å². The Morgan fingerprint density at radius 2 is 1.88 bits per heavy atom. The van der Waals surface area contributed by atoms with Gasteiger partial charge in [0.05, 0.1) is 20.3 Å². The molecule has 2 aromatic rings. The van der Waals surface area contributed by atoms with Crippen molar-refractivity contribution in [2.75, 3.05) is 0 Å². The number of rotatable bonds is 3. The summed E-state index contributed by atoms with van der Waals surface area (Å²) in [4.78, 5) is 20.1. The van der Waals surface area contributed by atoms with E-state index in [1.165, 1.54) is 6.07 Å². The zero-order valence-electron chi connectivity index (χ0n) is 8.25. The number of fused-ring (bicyclic) bond motifs is 1. The van der Waals surface area contributed by atoms with Gasteiger partial charge in [-0.3, -0.25) is 20.2 Å². The van der Waals surface area contributed by atoms with E-state index >= 15 is 0 Å². The van der Waals surface area contributed by atoms with Gasteiger partial charge in [-0.1, -0.05) is 22.6 Å². The van der Waals surface area contributed by atoms with E-state index in [9.17, 15) is 20.2 Å². The highest BCUT2D eigenvalue weighted by Crippen LogP contribution is 2.33. The van der Waals surface area contributed by atoms with Crippen LogP contribution in [-0.4, -0.2) is 9.85 Å². The summed E-state index contributed by atoms with van der Waals surface area (Å²) in [5, 5.41) is 21.8. The summed E-state index contributed by atoms with van der Waals surface area (Å²) < 4.78 is 5.81. The first-order valence-corrected chi connectivity index (χ1v) is 5.96. The first kappa shape index (κ1) is 11.8. The van der Waals surface area contributed by atoms with Gasteiger partial charge in [0.25, 0.3) is 5.69 Å². The van der Waals surface area contributed by atoms with Crippen molar-refractivity contribution in [3.05, 3.63) is 44.2 Å². The van der Waals surface area contributed by atoms with Crippen LogP contribution in [0.5, 0.6) is 0 Å². The number of furan rings is 1. The molecule has 1 aromatic carbocycles. The van der Waals surface area contributed by atoms with Gasteiger partial charge >= 0.3 is 5.69 Å². The highest BCUT2D eigenvalue weighted by Gasteiger charge is 2.22. The van der Waals surface area contributed by atoms with E-state index in [1.54, 1.807) is 6.07 Å². The predicted octanol–water partition coefficient (Wildman–Crippen LogP) is 3.18. The van der Waals surface area contributed by atoms with Gasteiger partial charge in [-0.15, -0.1) is 0 Å². The van der Waals surface area contributed by atoms with Crippen LogP contribution in [0.25, 0.3) is 11.0 Å². The van der Waals surface area contributed by atoms with Crippen molar-refractivity contribution in [1.82, 2.24) is 0 Å². The fourth-order valence-corrected chi connectivity index (χ4v) is 1.86. The van der Waals surface area contributed by atoms with Gasteiger partial charge in [-0.05, 0) is 6.07 Å². The van der Waals surface area contributed by atoms with Crippen molar-refractivity contribution in [2.45, 2.75) is 4.43 Å². The molecule has 17 heavy (non-hydrogen) atoms. The molecule has 0 saturated heterocycles. The summed E-state index contributed by atoms with van der Waals surface area (Å²) in [6, 6.07) is 3.74. The molecule has 0 radical (unpaired) electrons. The molecule has 0 fully saturated rings. The van der Waals surface area contributed by atoms with Crippen molar-refractivity contribution in [3.63, 3.8) is 0 Å². The zero-order valence-corrected chi connectivity index (χ0v) is 10.4. The molecule has 0 N–H and O–H groups in total. The largest absolute Gasteiger partial charge is 0.453 e. The molecular weight excluding hydrogens is 343 g/mol. The summed E-state index contributed by atoms with van der Waals surface area (Å²) in [5.74, 6) is 0.546. The fourth-order valence-electron chi connectivity index (χ4n) is 1.48. The molecule has 2 rings (SSSR count). The van der Waals surface area contributed by atoms with Crippen molar-refractivity contribution >= 4 is 44.9 Å². The first-order valence-electron chi connectivity index (χ1n) is 4.44. The Morgan fingerprint density at radius 1 is 1.18 bits per heavy atom. The molecule has 0 bridgehead atoms. The molecule has 0 saturated carbocycles. The number of halogens is 1. The summed E-state index contributed by atoms with van der Waals surface area (Å²) in [6.07, 6.45) is 0. The normalized spacial score (nSPS) is 10.6. The number of nitro groups is 2. The highest BCUT2D eigenvalue weighted by molar-refractivity contribution is 14.1. The number of nitro benzene ring substituents is 2. The minimum atomic E-state index is -0.685. The Bertz CT molecular complexity index is 621. The van der Waals surface area contributed by atoms with Crippen LogP contribution in [0.4, 0.5) is 11.4 Å². The lowest BCUT2D eigenvalue weighted by Gasteiger charge is -1.94. The molecule has 0 amide bonds. The van der Waals surface area contributed by atoms with E-state index in [0.717, 1.165) is 6.07 Å². The molecule has 0 aliphatic carbocycles. The van der Waals surface area contributed by atoms with Crippen LogP contribution in [0.2, 0.25) is 0 Å². The van der Waals surface area contributed by atoms with Gasteiger partial charge in [0, 0.05) is 11.5 Å². The highest BCUT2D eigenvalue weighted by atomic mass is 127. The first-order chi connectivity index (χ1) is 8.02. The zero-order chi connectivity index (χ0) is 12.6. The molecule has 7 nitrogen and oxygen atoms in total. The van der Waals surface area contributed by atoms with Crippen molar-refractivity contribution in [1.29, 1.82) is 0 Å². The monoisotopic (exact) mass is 348 g/mol. The third-order valence-corrected chi connectivity index (χ3v) is 2.92. The quantitative estimate of drug-likeness (QED) is 0.367. The molecule has 0 spiro atoms. The Labute approximate surface area is 108 Å². The van der Waals surface area contributed by atoms with Gasteiger partial charge in [0.1, 0.15) is 5.76 Å². The van der Waals surface area contributed by atoms with Crippen molar-refractivity contribution in [2.24, 2.45) is 0 Å². The molecule has 88 valence electrons. The average Bonchev–Trinajstić information content (AvgIpc) is 2.69. The lowest BCUT2D eigenvalue weighted by atomic mass is 10.2. The SMILES string of the molecule is O=[N+]([O-])c1cc([N+](=O)[O-])c2oc(CI)cc2c1. The molecular formula is C9H5IN2O5. The van der Waals surface area contributed by atoms with Crippen LogP contribution in [0.1, 0.15) is 5.76 Å². The molecule has 1 aromatic heterocycles. The number of alkyl halides is 1. The number of hydrogen-bond acceptors (Lipinski definition) is 5. The van der Waals surface area contributed by atoms with E-state index in [-0.39, 0.29) is 17.0 Å². The second-order valence-electron chi connectivity index (χ2n) is 3.24. The van der Waals surface area contributed by atoms with Gasteiger partial charge in [-0.25, -0.2) is 0 Å². The lowest BCUT2D eigenvalue weighted by Crippen LogP contribution is -1.92. The Morgan fingerprint density at radius 3 is 2.41 bits per heavy atom. The molecule has 0 aliphatic heterocycles. The Balaban J connectivity index is 2.78. The molecule has 0 unspecified atom stereocenters. The van der Waals surface area contributed by atoms with Crippen LogP contribution >= 0.6 is 22.6 Å². The Hall–Kier alpha value is -1.71. The molecule has 0 aliphatic rings. The fraction of sp³-hybridized carbons (Fsp3) is 0.111. The van der Waals surface area contributed by atoms with Crippen LogP contribution in [0.3, 0.4) is 0 Å². The predicted molar refractivity (Wildman–Crippen MR) is 67.2 cm³/mol. The maximum absolute atomic E-state index is 10.8. The summed E-state index contributed by atoms with van der Waals surface area (Å²) in [6.45, 7) is 0. The van der Waals surface area contributed by atoms with E-state index in [4.69, 9.17) is 4.42 Å². The average molecular weight is 348 g/mol. The second kappa shape index (κ2) is 4.28. The summed E-state index contributed by atoms with van der Waals surface area (Å²) in [5.41, 5.74) is -0.623. The molecule has 1 heterocycles. The van der Waals surface area contributed by atoms with Crippen molar-refractivity contribution in [3.8, 4) is 0 Å². The van der Waals surface area contributed by atoms with Crippen LogP contribution in [-0.2, 0) is 4.43 Å². The maximum Gasteiger partial charge on any atom is 0.319 e. The number of non-ortho nitro benzene ring substituents is 2. The third kappa shape index (κ3) is 2.07. The van der Waals surface area contributed by atoms with E-state index in [1.807, 2.05) is 22.6 Å². The van der Waals surface area contributed by atoms with Gasteiger partial charge in [0.15, 0.2) is 0 Å².